The Morgan fingerprint density at radius 3 is 2.25 bits per heavy atom. The van der Waals surface area contributed by atoms with E-state index in [0.29, 0.717) is 0 Å². The van der Waals surface area contributed by atoms with Crippen LogP contribution in [0.4, 0.5) is 0 Å². The summed E-state index contributed by atoms with van der Waals surface area (Å²) in [6.07, 6.45) is -0.263. The van der Waals surface area contributed by atoms with Gasteiger partial charge in [-0.2, -0.15) is 0 Å². The maximum absolute atomic E-state index is 5.33. The highest BCUT2D eigenvalue weighted by Gasteiger charge is 2.22. The van der Waals surface area contributed by atoms with Crippen molar-refractivity contribution < 1.29 is 9.47 Å². The van der Waals surface area contributed by atoms with Gasteiger partial charge in [-0.25, -0.2) is 0 Å². The molecule has 20 heavy (non-hydrogen) atoms. The molecule has 108 valence electrons. The molecule has 1 aromatic carbocycles. The maximum Gasteiger partial charge on any atom is 0.171 e. The van der Waals surface area contributed by atoms with Crippen LogP contribution < -0.4 is 5.32 Å². The Labute approximate surface area is 124 Å². The third-order valence-corrected chi connectivity index (χ3v) is 4.20. The van der Waals surface area contributed by atoms with E-state index in [9.17, 15) is 0 Å². The molecule has 1 N–H and O–H groups in total. The number of thiophene rings is 1. The summed E-state index contributed by atoms with van der Waals surface area (Å²) in [6.45, 7) is 2.07. The van der Waals surface area contributed by atoms with Crippen molar-refractivity contribution in [2.75, 3.05) is 14.2 Å². The van der Waals surface area contributed by atoms with Crippen LogP contribution in [0.25, 0.3) is 0 Å². The summed E-state index contributed by atoms with van der Waals surface area (Å²) in [4.78, 5) is 1.29. The molecular weight excluding hydrogens is 270 g/mol. The van der Waals surface area contributed by atoms with Gasteiger partial charge in [0.1, 0.15) is 0 Å². The van der Waals surface area contributed by atoms with Gasteiger partial charge in [0.05, 0.1) is 12.1 Å². The Hall–Kier alpha value is -1.20. The van der Waals surface area contributed by atoms with Gasteiger partial charge >= 0.3 is 0 Å². The van der Waals surface area contributed by atoms with Crippen molar-refractivity contribution in [3.05, 3.63) is 58.3 Å². The van der Waals surface area contributed by atoms with E-state index >= 15 is 0 Å². The average molecular weight is 291 g/mol. The van der Waals surface area contributed by atoms with E-state index in [2.05, 4.69) is 54.0 Å². The van der Waals surface area contributed by atoms with Crippen molar-refractivity contribution in [1.29, 1.82) is 0 Å². The lowest BCUT2D eigenvalue weighted by atomic mass is 10.0. The summed E-state index contributed by atoms with van der Waals surface area (Å²) in [5.74, 6) is 0. The van der Waals surface area contributed by atoms with E-state index < -0.39 is 0 Å². The summed E-state index contributed by atoms with van der Waals surface area (Å²) in [5, 5.41) is 5.70. The molecule has 0 fully saturated rings. The molecule has 0 aliphatic carbocycles. The van der Waals surface area contributed by atoms with Gasteiger partial charge in [-0.1, -0.05) is 36.4 Å². The second kappa shape index (κ2) is 7.55. The van der Waals surface area contributed by atoms with Gasteiger partial charge in [-0.15, -0.1) is 11.3 Å². The third kappa shape index (κ3) is 3.67. The molecular formula is C16H21NO2S. The van der Waals surface area contributed by atoms with E-state index in [4.69, 9.17) is 9.47 Å². The number of nitrogens with one attached hydrogen (secondary N) is 1. The number of hydrogen-bond donors (Lipinski definition) is 1. The second-order valence-corrected chi connectivity index (χ2v) is 5.63. The number of rotatable bonds is 7. The molecule has 0 radical (unpaired) electrons. The Bertz CT molecular complexity index is 482. The number of methoxy groups -OCH3 is 2. The fourth-order valence-corrected chi connectivity index (χ4v) is 3.10. The topological polar surface area (TPSA) is 30.5 Å². The van der Waals surface area contributed by atoms with Crippen molar-refractivity contribution in [1.82, 2.24) is 5.32 Å². The van der Waals surface area contributed by atoms with Crippen LogP contribution in [0.5, 0.6) is 0 Å². The zero-order valence-electron chi connectivity index (χ0n) is 12.1. The largest absolute Gasteiger partial charge is 0.354 e. The van der Waals surface area contributed by atoms with E-state index in [1.54, 1.807) is 25.6 Å². The number of benzene rings is 1. The number of hydrogen-bond acceptors (Lipinski definition) is 4. The summed E-state index contributed by atoms with van der Waals surface area (Å²) in [6, 6.07) is 14.9. The van der Waals surface area contributed by atoms with Crippen LogP contribution in [-0.2, 0) is 9.47 Å². The van der Waals surface area contributed by atoms with Crippen molar-refractivity contribution in [3.8, 4) is 0 Å². The molecule has 1 heterocycles. The van der Waals surface area contributed by atoms with Crippen LogP contribution in [0.1, 0.15) is 23.4 Å². The van der Waals surface area contributed by atoms with Crippen molar-refractivity contribution >= 4 is 11.3 Å². The highest BCUT2D eigenvalue weighted by Crippen LogP contribution is 2.26. The zero-order chi connectivity index (χ0) is 14.4. The highest BCUT2D eigenvalue weighted by atomic mass is 32.1. The van der Waals surface area contributed by atoms with Crippen molar-refractivity contribution in [2.45, 2.75) is 25.3 Å². The predicted molar refractivity (Wildman–Crippen MR) is 83.0 cm³/mol. The molecule has 1 aromatic heterocycles. The van der Waals surface area contributed by atoms with E-state index in [1.165, 1.54) is 10.4 Å². The van der Waals surface area contributed by atoms with Gasteiger partial charge in [0.15, 0.2) is 6.29 Å². The quantitative estimate of drug-likeness (QED) is 0.793. The standard InChI is InChI=1S/C16H21NO2S/c1-12(16(18-2)19-3)17-15(14-10-7-11-20-14)13-8-5-4-6-9-13/h4-12,15-17H,1-3H3. The van der Waals surface area contributed by atoms with Gasteiger partial charge in [-0.05, 0) is 23.9 Å². The highest BCUT2D eigenvalue weighted by molar-refractivity contribution is 7.10. The Kier molecular flexibility index (Phi) is 5.73. The molecule has 0 aliphatic heterocycles. The Morgan fingerprint density at radius 1 is 1.00 bits per heavy atom. The monoisotopic (exact) mass is 291 g/mol. The maximum atomic E-state index is 5.33. The molecule has 2 atom stereocenters. The molecule has 2 rings (SSSR count). The molecule has 2 aromatic rings. The Morgan fingerprint density at radius 2 is 1.70 bits per heavy atom. The van der Waals surface area contributed by atoms with Crippen LogP contribution in [0.2, 0.25) is 0 Å². The van der Waals surface area contributed by atoms with Crippen LogP contribution >= 0.6 is 11.3 Å². The molecule has 0 spiro atoms. The predicted octanol–water partition coefficient (Wildman–Crippen LogP) is 3.43. The Balaban J connectivity index is 2.20. The zero-order valence-corrected chi connectivity index (χ0v) is 12.9. The van der Waals surface area contributed by atoms with Crippen molar-refractivity contribution in [2.24, 2.45) is 0 Å². The first-order valence-corrected chi connectivity index (χ1v) is 7.54. The molecule has 0 aliphatic rings. The van der Waals surface area contributed by atoms with Crippen LogP contribution in [-0.4, -0.2) is 26.6 Å². The lowest BCUT2D eigenvalue weighted by molar-refractivity contribution is -0.120. The fourth-order valence-electron chi connectivity index (χ4n) is 2.29. The minimum atomic E-state index is -0.263. The first-order valence-electron chi connectivity index (χ1n) is 6.66. The SMILES string of the molecule is COC(OC)C(C)NC(c1ccccc1)c1cccs1. The normalized spacial score (nSPS) is 14.4. The summed E-state index contributed by atoms with van der Waals surface area (Å²) >= 11 is 1.75. The van der Waals surface area contributed by atoms with Gasteiger partial charge in [0.2, 0.25) is 0 Å². The fraction of sp³-hybridized carbons (Fsp3) is 0.375. The molecule has 0 bridgehead atoms. The molecule has 4 heteroatoms. The molecule has 3 nitrogen and oxygen atoms in total. The van der Waals surface area contributed by atoms with Crippen LogP contribution in [0.15, 0.2) is 47.8 Å². The summed E-state index contributed by atoms with van der Waals surface area (Å²) in [7, 11) is 3.32. The van der Waals surface area contributed by atoms with Gasteiger partial charge in [0, 0.05) is 19.1 Å². The molecule has 0 saturated heterocycles. The molecule has 0 amide bonds. The first kappa shape index (κ1) is 15.2. The van der Waals surface area contributed by atoms with Gasteiger partial charge < -0.3 is 9.47 Å². The number of ether oxygens (including phenoxy) is 2. The first-order chi connectivity index (χ1) is 9.76. The smallest absolute Gasteiger partial charge is 0.171 e. The lowest BCUT2D eigenvalue weighted by Crippen LogP contribution is -2.41. The molecule has 2 unspecified atom stereocenters. The van der Waals surface area contributed by atoms with Crippen LogP contribution in [0.3, 0.4) is 0 Å². The van der Waals surface area contributed by atoms with Gasteiger partial charge in [-0.3, -0.25) is 5.32 Å². The summed E-state index contributed by atoms with van der Waals surface area (Å²) in [5.41, 5.74) is 1.24. The minimum Gasteiger partial charge on any atom is -0.354 e. The van der Waals surface area contributed by atoms with E-state index in [0.717, 1.165) is 0 Å². The van der Waals surface area contributed by atoms with Crippen molar-refractivity contribution in [3.63, 3.8) is 0 Å². The summed E-state index contributed by atoms with van der Waals surface area (Å²) < 4.78 is 10.7. The van der Waals surface area contributed by atoms with Gasteiger partial charge in [0.25, 0.3) is 0 Å². The van der Waals surface area contributed by atoms with E-state index in [-0.39, 0.29) is 18.4 Å². The lowest BCUT2D eigenvalue weighted by Gasteiger charge is -2.27. The molecule has 0 saturated carbocycles. The average Bonchev–Trinajstić information content (AvgIpc) is 3.01. The minimum absolute atomic E-state index is 0.0808. The van der Waals surface area contributed by atoms with Crippen LogP contribution in [0, 0.1) is 0 Å². The van der Waals surface area contributed by atoms with E-state index in [1.807, 2.05) is 6.07 Å². The third-order valence-electron chi connectivity index (χ3n) is 3.26. The second-order valence-electron chi connectivity index (χ2n) is 4.65.